The zero-order chi connectivity index (χ0) is 15.0. The number of rotatable bonds is 2. The van der Waals surface area contributed by atoms with Gasteiger partial charge in [-0.05, 0) is 30.2 Å². The maximum absolute atomic E-state index is 13.3. The van der Waals surface area contributed by atoms with Crippen molar-refractivity contribution in [2.45, 2.75) is 13.5 Å². The molecule has 0 aliphatic carbocycles. The lowest BCUT2D eigenvalue weighted by atomic mass is 10.1. The van der Waals surface area contributed by atoms with E-state index in [9.17, 15) is 9.18 Å². The number of carbonyl (C=O) groups excluding carboxylic acids is 1. The number of fused-ring (bicyclic) bond motifs is 1. The number of hydrogen-bond acceptors (Lipinski definition) is 1. The quantitative estimate of drug-likeness (QED) is 0.881. The molecule has 0 atom stereocenters. The second kappa shape index (κ2) is 5.05. The summed E-state index contributed by atoms with van der Waals surface area (Å²) < 4.78 is 13.3. The maximum Gasteiger partial charge on any atom is 0.326 e. The fraction of sp³-hybridized carbons (Fsp3) is 0.118. The van der Waals surface area contributed by atoms with Crippen molar-refractivity contribution in [3.05, 3.63) is 71.6 Å². The monoisotopic (exact) mass is 282 g/mol. The van der Waals surface area contributed by atoms with Crippen LogP contribution >= 0.6 is 0 Å². The van der Waals surface area contributed by atoms with Crippen LogP contribution in [0.5, 0.6) is 0 Å². The molecule has 0 radical (unpaired) electrons. The van der Waals surface area contributed by atoms with E-state index in [0.717, 1.165) is 16.8 Å². The molecule has 2 aromatic rings. The number of urea groups is 1. The van der Waals surface area contributed by atoms with Crippen molar-refractivity contribution in [1.82, 2.24) is 4.90 Å². The molecular weight excluding hydrogens is 267 g/mol. The molecule has 0 unspecified atom stereocenters. The lowest BCUT2D eigenvalue weighted by Crippen LogP contribution is -2.36. The van der Waals surface area contributed by atoms with Crippen molar-refractivity contribution in [3.63, 3.8) is 0 Å². The number of nitrogens with one attached hydrogen (secondary N) is 1. The molecule has 0 saturated heterocycles. The molecule has 21 heavy (non-hydrogen) atoms. The number of carbonyl (C=O) groups is 1. The number of anilines is 1. The zero-order valence-corrected chi connectivity index (χ0v) is 11.7. The van der Waals surface area contributed by atoms with Crippen LogP contribution in [0.2, 0.25) is 0 Å². The SMILES string of the molecule is C=C1c2ccccc2NC(=O)N1Cc1ccc(F)c(C)c1. The molecule has 3 rings (SSSR count). The Balaban J connectivity index is 1.91. The van der Waals surface area contributed by atoms with Crippen LogP contribution in [-0.2, 0) is 6.54 Å². The first-order valence-electron chi connectivity index (χ1n) is 6.68. The van der Waals surface area contributed by atoms with Gasteiger partial charge in [0, 0.05) is 11.3 Å². The van der Waals surface area contributed by atoms with Gasteiger partial charge in [-0.3, -0.25) is 4.90 Å². The molecule has 0 spiro atoms. The molecule has 0 saturated carbocycles. The van der Waals surface area contributed by atoms with Gasteiger partial charge in [0.1, 0.15) is 5.82 Å². The van der Waals surface area contributed by atoms with E-state index in [2.05, 4.69) is 11.9 Å². The molecule has 2 amide bonds. The highest BCUT2D eigenvalue weighted by Gasteiger charge is 2.25. The van der Waals surface area contributed by atoms with Crippen molar-refractivity contribution in [3.8, 4) is 0 Å². The normalized spacial score (nSPS) is 13.9. The molecule has 4 heteroatoms. The molecule has 0 aromatic heterocycles. The second-order valence-electron chi connectivity index (χ2n) is 5.09. The van der Waals surface area contributed by atoms with Gasteiger partial charge in [0.2, 0.25) is 0 Å². The summed E-state index contributed by atoms with van der Waals surface area (Å²) in [7, 11) is 0. The highest BCUT2D eigenvalue weighted by molar-refractivity contribution is 6.02. The summed E-state index contributed by atoms with van der Waals surface area (Å²) in [6, 6.07) is 12.2. The van der Waals surface area contributed by atoms with E-state index in [1.165, 1.54) is 6.07 Å². The second-order valence-corrected chi connectivity index (χ2v) is 5.09. The average Bonchev–Trinajstić information content (AvgIpc) is 2.47. The Hall–Kier alpha value is -2.62. The predicted molar refractivity (Wildman–Crippen MR) is 81.2 cm³/mol. The molecule has 1 N–H and O–H groups in total. The predicted octanol–water partition coefficient (Wildman–Crippen LogP) is 4.15. The van der Waals surface area contributed by atoms with E-state index >= 15 is 0 Å². The Morgan fingerprint density at radius 2 is 2.00 bits per heavy atom. The first-order valence-corrected chi connectivity index (χ1v) is 6.68. The maximum atomic E-state index is 13.3. The number of para-hydroxylation sites is 1. The van der Waals surface area contributed by atoms with Crippen LogP contribution in [0.4, 0.5) is 14.9 Å². The van der Waals surface area contributed by atoms with Crippen molar-refractivity contribution in [2.75, 3.05) is 5.32 Å². The molecule has 2 aromatic carbocycles. The van der Waals surface area contributed by atoms with Gasteiger partial charge < -0.3 is 5.32 Å². The average molecular weight is 282 g/mol. The third-order valence-electron chi connectivity index (χ3n) is 3.61. The molecule has 0 fully saturated rings. The zero-order valence-electron chi connectivity index (χ0n) is 11.7. The standard InChI is InChI=1S/C17H15FN2O/c1-11-9-13(7-8-15(11)18)10-20-12(2)14-5-3-4-6-16(14)19-17(20)21/h3-9H,2,10H2,1H3,(H,19,21). The number of halogens is 1. The minimum Gasteiger partial charge on any atom is -0.307 e. The fourth-order valence-electron chi connectivity index (χ4n) is 2.45. The van der Waals surface area contributed by atoms with Crippen LogP contribution < -0.4 is 5.32 Å². The smallest absolute Gasteiger partial charge is 0.307 e. The van der Waals surface area contributed by atoms with E-state index < -0.39 is 0 Å². The van der Waals surface area contributed by atoms with Gasteiger partial charge in [-0.2, -0.15) is 0 Å². The number of hydrogen-bond donors (Lipinski definition) is 1. The summed E-state index contributed by atoms with van der Waals surface area (Å²) in [6.45, 7) is 6.08. The van der Waals surface area contributed by atoms with Gasteiger partial charge in [0.15, 0.2) is 0 Å². The molecule has 1 aliphatic rings. The largest absolute Gasteiger partial charge is 0.326 e. The Morgan fingerprint density at radius 1 is 1.24 bits per heavy atom. The number of benzene rings is 2. The van der Waals surface area contributed by atoms with Gasteiger partial charge >= 0.3 is 6.03 Å². The van der Waals surface area contributed by atoms with E-state index in [1.54, 1.807) is 24.0 Å². The van der Waals surface area contributed by atoms with E-state index in [-0.39, 0.29) is 11.8 Å². The Labute approximate surface area is 122 Å². The van der Waals surface area contributed by atoms with Gasteiger partial charge in [0.05, 0.1) is 12.2 Å². The van der Waals surface area contributed by atoms with E-state index in [0.29, 0.717) is 17.8 Å². The lowest BCUT2D eigenvalue weighted by Gasteiger charge is -2.31. The third kappa shape index (κ3) is 2.40. The van der Waals surface area contributed by atoms with Crippen LogP contribution in [-0.4, -0.2) is 10.9 Å². The van der Waals surface area contributed by atoms with Crippen molar-refractivity contribution in [1.29, 1.82) is 0 Å². The first-order chi connectivity index (χ1) is 10.1. The highest BCUT2D eigenvalue weighted by Crippen LogP contribution is 2.31. The molecule has 1 heterocycles. The topological polar surface area (TPSA) is 32.3 Å². The van der Waals surface area contributed by atoms with E-state index in [4.69, 9.17) is 0 Å². The minimum atomic E-state index is -0.244. The van der Waals surface area contributed by atoms with Crippen LogP contribution in [0.15, 0.2) is 49.0 Å². The summed E-state index contributed by atoms with van der Waals surface area (Å²) in [5.74, 6) is -0.244. The molecular formula is C17H15FN2O. The van der Waals surface area contributed by atoms with Crippen LogP contribution in [0.25, 0.3) is 5.70 Å². The summed E-state index contributed by atoms with van der Waals surface area (Å²) in [6.07, 6.45) is 0. The number of aryl methyl sites for hydroxylation is 1. The van der Waals surface area contributed by atoms with Crippen molar-refractivity contribution >= 4 is 17.4 Å². The van der Waals surface area contributed by atoms with Gasteiger partial charge in [-0.15, -0.1) is 0 Å². The van der Waals surface area contributed by atoms with Gasteiger partial charge in [-0.1, -0.05) is 36.9 Å². The summed E-state index contributed by atoms with van der Waals surface area (Å²) in [5, 5.41) is 2.84. The third-order valence-corrected chi connectivity index (χ3v) is 3.61. The summed E-state index contributed by atoms with van der Waals surface area (Å²) >= 11 is 0. The van der Waals surface area contributed by atoms with Crippen molar-refractivity contribution < 1.29 is 9.18 Å². The Bertz CT molecular complexity index is 739. The number of amides is 2. The fourth-order valence-corrected chi connectivity index (χ4v) is 2.45. The van der Waals surface area contributed by atoms with Gasteiger partial charge in [-0.25, -0.2) is 9.18 Å². The molecule has 3 nitrogen and oxygen atoms in total. The van der Waals surface area contributed by atoms with Crippen LogP contribution in [0.1, 0.15) is 16.7 Å². The van der Waals surface area contributed by atoms with Gasteiger partial charge in [0.25, 0.3) is 0 Å². The first kappa shape index (κ1) is 13.4. The van der Waals surface area contributed by atoms with Crippen molar-refractivity contribution in [2.24, 2.45) is 0 Å². The van der Waals surface area contributed by atoms with Crippen LogP contribution in [0, 0.1) is 12.7 Å². The molecule has 106 valence electrons. The summed E-state index contributed by atoms with van der Waals surface area (Å²) in [4.78, 5) is 13.8. The molecule has 1 aliphatic heterocycles. The minimum absolute atomic E-state index is 0.222. The lowest BCUT2D eigenvalue weighted by molar-refractivity contribution is 0.229. The highest BCUT2D eigenvalue weighted by atomic mass is 19.1. The summed E-state index contributed by atoms with van der Waals surface area (Å²) in [5.41, 5.74) is 3.74. The van der Waals surface area contributed by atoms with Crippen LogP contribution in [0.3, 0.4) is 0 Å². The van der Waals surface area contributed by atoms with E-state index in [1.807, 2.05) is 24.3 Å². The number of nitrogens with zero attached hydrogens (tertiary/aromatic N) is 1. The Morgan fingerprint density at radius 3 is 2.76 bits per heavy atom. The molecule has 0 bridgehead atoms. The Kier molecular flexibility index (Phi) is 3.22.